The number of pyridine rings is 1. The molecule has 0 saturated carbocycles. The lowest BCUT2D eigenvalue weighted by Gasteiger charge is -2.34. The van der Waals surface area contributed by atoms with Gasteiger partial charge in [-0.3, -0.25) is 9.69 Å². The SMILES string of the molecule is Cc1ccc(COc2ccc(Oc3ccc(/C=C/C(=O)N4CCN(Cc5ccc(COc6ccc(C(C)C)cc6)cc5)CC4)c(C)c3)nc2)cc1.Cl. The van der Waals surface area contributed by atoms with Crippen LogP contribution >= 0.6 is 12.4 Å². The molecule has 1 aliphatic rings. The Morgan fingerprint density at radius 1 is 0.731 bits per heavy atom. The van der Waals surface area contributed by atoms with Crippen LogP contribution < -0.4 is 14.2 Å². The lowest BCUT2D eigenvalue weighted by molar-refractivity contribution is -0.127. The second kappa shape index (κ2) is 18.4. The van der Waals surface area contributed by atoms with Gasteiger partial charge in [-0.1, -0.05) is 86.1 Å². The van der Waals surface area contributed by atoms with Crippen molar-refractivity contribution >= 4 is 24.4 Å². The van der Waals surface area contributed by atoms with Crippen molar-refractivity contribution in [1.29, 1.82) is 0 Å². The second-order valence-corrected chi connectivity index (χ2v) is 13.5. The molecule has 0 unspecified atom stereocenters. The highest BCUT2D eigenvalue weighted by molar-refractivity contribution is 5.92. The number of amides is 1. The molecule has 270 valence electrons. The number of hydrogen-bond acceptors (Lipinski definition) is 6. The van der Waals surface area contributed by atoms with Crippen LogP contribution in [0.15, 0.2) is 115 Å². The van der Waals surface area contributed by atoms with Gasteiger partial charge < -0.3 is 19.1 Å². The largest absolute Gasteiger partial charge is 0.489 e. The van der Waals surface area contributed by atoms with Crippen molar-refractivity contribution in [2.45, 2.75) is 53.4 Å². The Morgan fingerprint density at radius 2 is 1.33 bits per heavy atom. The van der Waals surface area contributed by atoms with E-state index in [2.05, 4.69) is 91.3 Å². The highest BCUT2D eigenvalue weighted by Crippen LogP contribution is 2.25. The van der Waals surface area contributed by atoms with Crippen LogP contribution in [0.4, 0.5) is 0 Å². The van der Waals surface area contributed by atoms with Crippen LogP contribution in [0.25, 0.3) is 6.08 Å². The van der Waals surface area contributed by atoms with Crippen molar-refractivity contribution in [3.63, 3.8) is 0 Å². The predicted molar refractivity (Wildman–Crippen MR) is 210 cm³/mol. The summed E-state index contributed by atoms with van der Waals surface area (Å²) >= 11 is 0. The van der Waals surface area contributed by atoms with Crippen LogP contribution in [0.5, 0.6) is 23.1 Å². The van der Waals surface area contributed by atoms with E-state index in [0.29, 0.717) is 49.6 Å². The van der Waals surface area contributed by atoms with Gasteiger partial charge in [-0.15, -0.1) is 12.4 Å². The summed E-state index contributed by atoms with van der Waals surface area (Å²) in [5, 5.41) is 0. The highest BCUT2D eigenvalue weighted by Gasteiger charge is 2.20. The number of rotatable bonds is 13. The van der Waals surface area contributed by atoms with Crippen LogP contribution in [-0.4, -0.2) is 46.9 Å². The van der Waals surface area contributed by atoms with Gasteiger partial charge in [-0.25, -0.2) is 4.98 Å². The van der Waals surface area contributed by atoms with Gasteiger partial charge in [-0.05, 0) is 89.6 Å². The van der Waals surface area contributed by atoms with Gasteiger partial charge in [-0.2, -0.15) is 0 Å². The Morgan fingerprint density at radius 3 is 1.94 bits per heavy atom. The van der Waals surface area contributed by atoms with Crippen molar-refractivity contribution in [2.75, 3.05) is 26.2 Å². The van der Waals surface area contributed by atoms with E-state index in [4.69, 9.17) is 14.2 Å². The fourth-order valence-corrected chi connectivity index (χ4v) is 5.89. The molecule has 6 rings (SSSR count). The second-order valence-electron chi connectivity index (χ2n) is 13.5. The minimum atomic E-state index is 0. The number of aromatic nitrogens is 1. The smallest absolute Gasteiger partial charge is 0.246 e. The lowest BCUT2D eigenvalue weighted by Crippen LogP contribution is -2.47. The molecular formula is C44H48ClN3O4. The fourth-order valence-electron chi connectivity index (χ4n) is 5.89. The molecule has 7 nitrogen and oxygen atoms in total. The van der Waals surface area contributed by atoms with E-state index >= 15 is 0 Å². The topological polar surface area (TPSA) is 64.1 Å². The molecular weight excluding hydrogens is 670 g/mol. The zero-order chi connectivity index (χ0) is 35.6. The Bertz CT molecular complexity index is 1900. The number of benzene rings is 4. The molecule has 1 aliphatic heterocycles. The summed E-state index contributed by atoms with van der Waals surface area (Å²) in [5.41, 5.74) is 8.04. The third kappa shape index (κ3) is 10.9. The average Bonchev–Trinajstić information content (AvgIpc) is 3.15. The molecule has 1 saturated heterocycles. The Labute approximate surface area is 314 Å². The van der Waals surface area contributed by atoms with Crippen LogP contribution in [0.1, 0.15) is 58.7 Å². The molecule has 0 N–H and O–H groups in total. The zero-order valence-electron chi connectivity index (χ0n) is 30.5. The number of nitrogens with zero attached hydrogens (tertiary/aromatic N) is 3. The first kappa shape index (κ1) is 38.1. The number of ether oxygens (including phenoxy) is 3. The molecule has 0 atom stereocenters. The maximum absolute atomic E-state index is 13.0. The molecule has 0 bridgehead atoms. The van der Waals surface area contributed by atoms with Gasteiger partial charge in [0.1, 0.15) is 30.5 Å². The quantitative estimate of drug-likeness (QED) is 0.113. The van der Waals surface area contributed by atoms with Crippen LogP contribution in [0.3, 0.4) is 0 Å². The number of halogens is 1. The monoisotopic (exact) mass is 717 g/mol. The van der Waals surface area contributed by atoms with E-state index in [1.807, 2.05) is 54.3 Å². The van der Waals surface area contributed by atoms with Crippen molar-refractivity contribution in [1.82, 2.24) is 14.8 Å². The van der Waals surface area contributed by atoms with E-state index in [1.165, 1.54) is 16.7 Å². The summed E-state index contributed by atoms with van der Waals surface area (Å²) in [5.74, 6) is 3.29. The molecule has 0 aliphatic carbocycles. The lowest BCUT2D eigenvalue weighted by atomic mass is 10.0. The van der Waals surface area contributed by atoms with Crippen LogP contribution in [0.2, 0.25) is 0 Å². The molecule has 1 amide bonds. The van der Waals surface area contributed by atoms with E-state index in [0.717, 1.165) is 47.6 Å². The minimum Gasteiger partial charge on any atom is -0.489 e. The summed E-state index contributed by atoms with van der Waals surface area (Å²) in [6, 6.07) is 34.7. The van der Waals surface area contributed by atoms with Crippen LogP contribution in [-0.2, 0) is 24.6 Å². The van der Waals surface area contributed by atoms with Crippen LogP contribution in [0, 0.1) is 13.8 Å². The number of hydrogen-bond donors (Lipinski definition) is 0. The summed E-state index contributed by atoms with van der Waals surface area (Å²) in [6.45, 7) is 13.5. The van der Waals surface area contributed by atoms with E-state index in [1.54, 1.807) is 18.3 Å². The van der Waals surface area contributed by atoms with Gasteiger partial charge >= 0.3 is 0 Å². The molecule has 8 heteroatoms. The fraction of sp³-hybridized carbons (Fsp3) is 0.273. The molecule has 2 heterocycles. The maximum Gasteiger partial charge on any atom is 0.246 e. The van der Waals surface area contributed by atoms with Gasteiger partial charge in [0.2, 0.25) is 11.8 Å². The number of aryl methyl sites for hydroxylation is 2. The van der Waals surface area contributed by atoms with Gasteiger partial charge in [0, 0.05) is 44.9 Å². The molecule has 0 spiro atoms. The highest BCUT2D eigenvalue weighted by atomic mass is 35.5. The first-order valence-electron chi connectivity index (χ1n) is 17.7. The Hall–Kier alpha value is -5.11. The number of piperazine rings is 1. The molecule has 5 aromatic rings. The third-order valence-corrected chi connectivity index (χ3v) is 9.17. The van der Waals surface area contributed by atoms with E-state index in [9.17, 15) is 4.79 Å². The molecule has 1 fully saturated rings. The number of carbonyl (C=O) groups excluding carboxylic acids is 1. The predicted octanol–water partition coefficient (Wildman–Crippen LogP) is 9.55. The van der Waals surface area contributed by atoms with Crippen molar-refractivity contribution in [3.05, 3.63) is 154 Å². The first-order chi connectivity index (χ1) is 24.8. The number of carbonyl (C=O) groups is 1. The molecule has 52 heavy (non-hydrogen) atoms. The van der Waals surface area contributed by atoms with Crippen molar-refractivity contribution < 1.29 is 19.0 Å². The third-order valence-electron chi connectivity index (χ3n) is 9.17. The summed E-state index contributed by atoms with van der Waals surface area (Å²) in [7, 11) is 0. The Balaban J connectivity index is 0.00000523. The van der Waals surface area contributed by atoms with Gasteiger partial charge in [0.05, 0.1) is 6.20 Å². The van der Waals surface area contributed by atoms with Crippen molar-refractivity contribution in [2.24, 2.45) is 0 Å². The molecule has 1 aromatic heterocycles. The molecule has 4 aromatic carbocycles. The molecule has 0 radical (unpaired) electrons. The van der Waals surface area contributed by atoms with Gasteiger partial charge in [0.15, 0.2) is 0 Å². The maximum atomic E-state index is 13.0. The zero-order valence-corrected chi connectivity index (χ0v) is 31.3. The summed E-state index contributed by atoms with van der Waals surface area (Å²) < 4.78 is 17.8. The van der Waals surface area contributed by atoms with Crippen molar-refractivity contribution in [3.8, 4) is 23.1 Å². The van der Waals surface area contributed by atoms with E-state index < -0.39 is 0 Å². The normalized spacial score (nSPS) is 13.2. The van der Waals surface area contributed by atoms with Gasteiger partial charge in [0.25, 0.3) is 0 Å². The van der Waals surface area contributed by atoms with E-state index in [-0.39, 0.29) is 18.3 Å². The Kier molecular flexibility index (Phi) is 13.5. The minimum absolute atomic E-state index is 0. The summed E-state index contributed by atoms with van der Waals surface area (Å²) in [4.78, 5) is 21.8. The standard InChI is InChI=1S/C44H47N3O4.ClH/c1-32(2)38-13-17-40(18-14-38)49-30-37-11-9-35(10-12-37)29-46-23-25-47(26-24-46)44(48)22-16-39-15-19-41(27-34(39)4)51-43-21-20-42(28-45-43)50-31-36-7-5-33(3)6-8-36;/h5-22,27-28,32H,23-26,29-31H2,1-4H3;1H/b22-16+;. The first-order valence-corrected chi connectivity index (χ1v) is 17.7. The summed E-state index contributed by atoms with van der Waals surface area (Å²) in [6.07, 6.45) is 5.23. The average molecular weight is 718 g/mol.